The maximum absolute atomic E-state index is 12.6. The van der Waals surface area contributed by atoms with Gasteiger partial charge in [0.1, 0.15) is 17.5 Å². The number of furan rings is 1. The number of carbonyl (C=O) groups is 2. The van der Waals surface area contributed by atoms with E-state index in [9.17, 15) is 9.59 Å². The average Bonchev–Trinajstić information content (AvgIpc) is 3.23. The molecule has 0 aliphatic rings. The monoisotopic (exact) mass is 379 g/mol. The van der Waals surface area contributed by atoms with E-state index in [1.807, 2.05) is 13.8 Å². The van der Waals surface area contributed by atoms with Crippen molar-refractivity contribution in [2.24, 2.45) is 5.92 Å². The smallest absolute Gasteiger partial charge is 0.287 e. The Hall–Kier alpha value is -3.61. The van der Waals surface area contributed by atoms with Crippen LogP contribution in [0.15, 0.2) is 71.6 Å². The third kappa shape index (κ3) is 4.97. The quantitative estimate of drug-likeness (QED) is 0.650. The molecule has 0 spiro atoms. The number of aromatic nitrogens is 1. The molecule has 0 aliphatic carbocycles. The van der Waals surface area contributed by atoms with E-state index in [0.29, 0.717) is 17.2 Å². The van der Waals surface area contributed by atoms with Crippen molar-refractivity contribution < 1.29 is 18.7 Å². The highest BCUT2D eigenvalue weighted by Crippen LogP contribution is 2.22. The second-order valence-electron chi connectivity index (χ2n) is 6.47. The topological polar surface area (TPSA) is 93.5 Å². The Balaban J connectivity index is 1.62. The average molecular weight is 379 g/mol. The Bertz CT molecular complexity index is 907. The largest absolute Gasteiger partial charge is 0.459 e. The predicted octanol–water partition coefficient (Wildman–Crippen LogP) is 3.86. The molecule has 7 heteroatoms. The molecule has 2 N–H and O–H groups in total. The fourth-order valence-corrected chi connectivity index (χ4v) is 2.52. The van der Waals surface area contributed by atoms with E-state index in [1.165, 1.54) is 6.26 Å². The van der Waals surface area contributed by atoms with Crippen LogP contribution in [0.2, 0.25) is 0 Å². The molecule has 2 heterocycles. The molecule has 2 aromatic heterocycles. The lowest BCUT2D eigenvalue weighted by Gasteiger charge is -2.21. The fraction of sp³-hybridized carbons (Fsp3) is 0.190. The molecule has 28 heavy (non-hydrogen) atoms. The summed E-state index contributed by atoms with van der Waals surface area (Å²) >= 11 is 0. The van der Waals surface area contributed by atoms with Crippen molar-refractivity contribution in [3.8, 4) is 11.5 Å². The molecule has 0 saturated carbocycles. The number of carbonyl (C=O) groups excluding carboxylic acids is 2. The minimum Gasteiger partial charge on any atom is -0.459 e. The summed E-state index contributed by atoms with van der Waals surface area (Å²) in [6.45, 7) is 3.72. The van der Waals surface area contributed by atoms with Gasteiger partial charge in [-0.2, -0.15) is 0 Å². The van der Waals surface area contributed by atoms with Crippen LogP contribution < -0.4 is 15.4 Å². The van der Waals surface area contributed by atoms with Crippen molar-refractivity contribution in [1.29, 1.82) is 0 Å². The van der Waals surface area contributed by atoms with Crippen LogP contribution in [0.25, 0.3) is 0 Å². The van der Waals surface area contributed by atoms with Gasteiger partial charge >= 0.3 is 0 Å². The molecule has 144 valence electrons. The lowest BCUT2D eigenvalue weighted by molar-refractivity contribution is -0.118. The zero-order valence-corrected chi connectivity index (χ0v) is 15.6. The molecule has 2 amide bonds. The molecule has 3 rings (SSSR count). The standard InChI is InChI=1S/C21H21N3O4/c1-14(2)19(24-20(25)18-4-3-13-27-18)21(26)23-15-5-7-16(8-6-15)28-17-9-11-22-12-10-17/h3-14,19H,1-2H3,(H,23,26)(H,24,25). The first kappa shape index (κ1) is 19.2. The van der Waals surface area contributed by atoms with Gasteiger partial charge in [0.2, 0.25) is 5.91 Å². The van der Waals surface area contributed by atoms with E-state index in [0.717, 1.165) is 0 Å². The van der Waals surface area contributed by atoms with Crippen LogP contribution in [0.5, 0.6) is 11.5 Å². The zero-order chi connectivity index (χ0) is 19.9. The highest BCUT2D eigenvalue weighted by Gasteiger charge is 2.25. The van der Waals surface area contributed by atoms with Crippen LogP contribution in [0.3, 0.4) is 0 Å². The fourth-order valence-electron chi connectivity index (χ4n) is 2.52. The molecule has 1 atom stereocenters. The second-order valence-corrected chi connectivity index (χ2v) is 6.47. The SMILES string of the molecule is CC(C)C(NC(=O)c1ccco1)C(=O)Nc1ccc(Oc2ccncc2)cc1. The lowest BCUT2D eigenvalue weighted by atomic mass is 10.0. The molecule has 7 nitrogen and oxygen atoms in total. The van der Waals surface area contributed by atoms with E-state index in [-0.39, 0.29) is 17.6 Å². The van der Waals surface area contributed by atoms with Gasteiger partial charge in [-0.1, -0.05) is 13.8 Å². The summed E-state index contributed by atoms with van der Waals surface area (Å²) in [5.74, 6) is 0.630. The van der Waals surface area contributed by atoms with E-state index in [2.05, 4.69) is 15.6 Å². The van der Waals surface area contributed by atoms with Crippen molar-refractivity contribution >= 4 is 17.5 Å². The minimum absolute atomic E-state index is 0.104. The van der Waals surface area contributed by atoms with Crippen molar-refractivity contribution in [3.05, 3.63) is 72.9 Å². The van der Waals surface area contributed by atoms with Gasteiger partial charge in [0.05, 0.1) is 6.26 Å². The van der Waals surface area contributed by atoms with Gasteiger partial charge in [-0.25, -0.2) is 0 Å². The molecule has 0 radical (unpaired) electrons. The Morgan fingerprint density at radius 1 is 1.00 bits per heavy atom. The number of amides is 2. The first-order chi connectivity index (χ1) is 13.5. The molecule has 1 aromatic carbocycles. The van der Waals surface area contributed by atoms with Gasteiger partial charge < -0.3 is 19.8 Å². The summed E-state index contributed by atoms with van der Waals surface area (Å²) in [5.41, 5.74) is 0.602. The van der Waals surface area contributed by atoms with Crippen molar-refractivity contribution in [1.82, 2.24) is 10.3 Å². The first-order valence-corrected chi connectivity index (χ1v) is 8.86. The predicted molar refractivity (Wildman–Crippen MR) is 104 cm³/mol. The third-order valence-corrected chi connectivity index (χ3v) is 3.99. The normalized spacial score (nSPS) is 11.7. The first-order valence-electron chi connectivity index (χ1n) is 8.86. The van der Waals surface area contributed by atoms with Crippen LogP contribution in [0.4, 0.5) is 5.69 Å². The molecule has 1 unspecified atom stereocenters. The van der Waals surface area contributed by atoms with Gasteiger partial charge in [-0.15, -0.1) is 0 Å². The van der Waals surface area contributed by atoms with Gasteiger partial charge in [0.15, 0.2) is 5.76 Å². The van der Waals surface area contributed by atoms with Crippen molar-refractivity contribution in [3.63, 3.8) is 0 Å². The van der Waals surface area contributed by atoms with E-state index >= 15 is 0 Å². The minimum atomic E-state index is -0.703. The number of hydrogen-bond acceptors (Lipinski definition) is 5. The summed E-state index contributed by atoms with van der Waals surface area (Å²) < 4.78 is 10.8. The van der Waals surface area contributed by atoms with Crippen LogP contribution in [-0.4, -0.2) is 22.8 Å². The van der Waals surface area contributed by atoms with Gasteiger partial charge in [0, 0.05) is 18.1 Å². The maximum atomic E-state index is 12.6. The van der Waals surface area contributed by atoms with Crippen LogP contribution in [0, 0.1) is 5.92 Å². The highest BCUT2D eigenvalue weighted by atomic mass is 16.5. The number of nitrogens with one attached hydrogen (secondary N) is 2. The highest BCUT2D eigenvalue weighted by molar-refractivity contribution is 6.00. The van der Waals surface area contributed by atoms with Gasteiger partial charge in [-0.3, -0.25) is 14.6 Å². The van der Waals surface area contributed by atoms with Gasteiger partial charge in [0.25, 0.3) is 5.91 Å². The summed E-state index contributed by atoms with van der Waals surface area (Å²) in [5, 5.41) is 5.52. The molecule has 0 saturated heterocycles. The van der Waals surface area contributed by atoms with Crippen molar-refractivity contribution in [2.45, 2.75) is 19.9 Å². The summed E-state index contributed by atoms with van der Waals surface area (Å²) in [6, 6.07) is 12.9. The molecular weight excluding hydrogens is 358 g/mol. The molecule has 0 bridgehead atoms. The summed E-state index contributed by atoms with van der Waals surface area (Å²) in [6.07, 6.45) is 4.70. The summed E-state index contributed by atoms with van der Waals surface area (Å²) in [7, 11) is 0. The van der Waals surface area contributed by atoms with Crippen molar-refractivity contribution in [2.75, 3.05) is 5.32 Å². The number of anilines is 1. The van der Waals surface area contributed by atoms with E-state index in [1.54, 1.807) is 60.9 Å². The Morgan fingerprint density at radius 2 is 1.68 bits per heavy atom. The van der Waals surface area contributed by atoms with E-state index in [4.69, 9.17) is 9.15 Å². The number of nitrogens with zero attached hydrogens (tertiary/aromatic N) is 1. The Kier molecular flexibility index (Phi) is 6.06. The molecule has 3 aromatic rings. The zero-order valence-electron chi connectivity index (χ0n) is 15.6. The molecule has 0 fully saturated rings. The van der Waals surface area contributed by atoms with Crippen LogP contribution >= 0.6 is 0 Å². The Morgan fingerprint density at radius 3 is 2.29 bits per heavy atom. The number of pyridine rings is 1. The number of hydrogen-bond donors (Lipinski definition) is 2. The number of ether oxygens (including phenoxy) is 1. The number of benzene rings is 1. The van der Waals surface area contributed by atoms with Crippen LogP contribution in [0.1, 0.15) is 24.4 Å². The summed E-state index contributed by atoms with van der Waals surface area (Å²) in [4.78, 5) is 28.8. The maximum Gasteiger partial charge on any atom is 0.287 e. The third-order valence-electron chi connectivity index (χ3n) is 3.99. The number of rotatable bonds is 7. The van der Waals surface area contributed by atoms with Gasteiger partial charge in [-0.05, 0) is 54.4 Å². The molecular formula is C21H21N3O4. The van der Waals surface area contributed by atoms with Crippen LogP contribution in [-0.2, 0) is 4.79 Å². The molecule has 0 aliphatic heterocycles. The Labute approximate surface area is 162 Å². The lowest BCUT2D eigenvalue weighted by Crippen LogP contribution is -2.47. The van der Waals surface area contributed by atoms with E-state index < -0.39 is 11.9 Å². The second kappa shape index (κ2) is 8.85.